The number of methoxy groups -OCH3 is 1. The van der Waals surface area contributed by atoms with Gasteiger partial charge in [-0.2, -0.15) is 0 Å². The second kappa shape index (κ2) is 4.41. The Morgan fingerprint density at radius 3 is 2.67 bits per heavy atom. The lowest BCUT2D eigenvalue weighted by atomic mass is 10.2. The van der Waals surface area contributed by atoms with E-state index in [1.165, 1.54) is 32.4 Å². The minimum atomic E-state index is -0.592. The Balaban J connectivity index is 3.22. The van der Waals surface area contributed by atoms with E-state index in [-0.39, 0.29) is 22.9 Å². The van der Waals surface area contributed by atoms with E-state index in [0.29, 0.717) is 0 Å². The highest BCUT2D eigenvalue weighted by Crippen LogP contribution is 2.27. The van der Waals surface area contributed by atoms with Gasteiger partial charge in [0.15, 0.2) is 5.75 Å². The molecule has 1 aromatic rings. The van der Waals surface area contributed by atoms with Crippen LogP contribution in [0.4, 0.5) is 5.69 Å². The van der Waals surface area contributed by atoms with Crippen molar-refractivity contribution in [3.8, 4) is 5.75 Å². The van der Waals surface area contributed by atoms with Crippen molar-refractivity contribution in [1.82, 2.24) is 5.32 Å². The molecule has 15 heavy (non-hydrogen) atoms. The molecule has 0 saturated carbocycles. The summed E-state index contributed by atoms with van der Waals surface area (Å²) in [6.07, 6.45) is 0. The van der Waals surface area contributed by atoms with Gasteiger partial charge < -0.3 is 10.1 Å². The summed E-state index contributed by atoms with van der Waals surface area (Å²) in [6, 6.07) is 4.03. The number of nitrogens with zero attached hydrogens (tertiary/aromatic N) is 1. The molecule has 0 aliphatic carbocycles. The Morgan fingerprint density at radius 2 is 2.20 bits per heavy atom. The number of carbonyl (C=O) groups is 1. The summed E-state index contributed by atoms with van der Waals surface area (Å²) in [7, 11) is 2.79. The summed E-state index contributed by atoms with van der Waals surface area (Å²) >= 11 is 0. The Hall–Kier alpha value is -2.11. The molecule has 0 spiro atoms. The molecule has 0 aliphatic heterocycles. The molecule has 0 heterocycles. The van der Waals surface area contributed by atoms with Crippen molar-refractivity contribution in [1.29, 1.82) is 0 Å². The Morgan fingerprint density at radius 1 is 1.53 bits per heavy atom. The molecule has 1 rings (SSSR count). The molecule has 80 valence electrons. The van der Waals surface area contributed by atoms with Gasteiger partial charge in [-0.25, -0.2) is 0 Å². The van der Waals surface area contributed by atoms with E-state index in [9.17, 15) is 14.9 Å². The van der Waals surface area contributed by atoms with Gasteiger partial charge in [0.1, 0.15) is 0 Å². The van der Waals surface area contributed by atoms with Crippen LogP contribution in [0, 0.1) is 10.1 Å². The lowest BCUT2D eigenvalue weighted by Gasteiger charge is -2.03. The number of nitro benzene ring substituents is 1. The van der Waals surface area contributed by atoms with Crippen LogP contribution in [0.3, 0.4) is 0 Å². The second-order valence-electron chi connectivity index (χ2n) is 2.72. The monoisotopic (exact) mass is 210 g/mol. The van der Waals surface area contributed by atoms with Crippen molar-refractivity contribution in [2.24, 2.45) is 0 Å². The zero-order chi connectivity index (χ0) is 11.4. The number of carbonyl (C=O) groups excluding carboxylic acids is 1. The fraction of sp³-hybridized carbons (Fsp3) is 0.222. The van der Waals surface area contributed by atoms with E-state index in [1.54, 1.807) is 0 Å². The largest absolute Gasteiger partial charge is 0.490 e. The van der Waals surface area contributed by atoms with Gasteiger partial charge in [-0.1, -0.05) is 0 Å². The van der Waals surface area contributed by atoms with Gasteiger partial charge in [-0.15, -0.1) is 0 Å². The summed E-state index contributed by atoms with van der Waals surface area (Å²) in [5, 5.41) is 13.0. The first kappa shape index (κ1) is 11.0. The van der Waals surface area contributed by atoms with Gasteiger partial charge in [0.05, 0.1) is 12.0 Å². The minimum absolute atomic E-state index is 0.132. The van der Waals surface area contributed by atoms with Crippen molar-refractivity contribution < 1.29 is 14.5 Å². The van der Waals surface area contributed by atoms with Crippen LogP contribution in [0.1, 0.15) is 10.4 Å². The highest BCUT2D eigenvalue weighted by Gasteiger charge is 2.17. The number of rotatable bonds is 3. The van der Waals surface area contributed by atoms with E-state index < -0.39 is 4.92 Å². The average Bonchev–Trinajstić information content (AvgIpc) is 2.27. The highest BCUT2D eigenvalue weighted by atomic mass is 16.6. The maximum Gasteiger partial charge on any atom is 0.311 e. The quantitative estimate of drug-likeness (QED) is 0.595. The Kier molecular flexibility index (Phi) is 3.22. The molecule has 1 N–H and O–H groups in total. The van der Waals surface area contributed by atoms with Crippen LogP contribution >= 0.6 is 0 Å². The van der Waals surface area contributed by atoms with Crippen molar-refractivity contribution in [3.63, 3.8) is 0 Å². The van der Waals surface area contributed by atoms with Crippen molar-refractivity contribution in [3.05, 3.63) is 33.9 Å². The number of hydrogen-bond acceptors (Lipinski definition) is 4. The van der Waals surface area contributed by atoms with Gasteiger partial charge >= 0.3 is 5.69 Å². The zero-order valence-corrected chi connectivity index (χ0v) is 8.31. The fourth-order valence-corrected chi connectivity index (χ4v) is 1.12. The molecule has 6 nitrogen and oxygen atoms in total. The molecular weight excluding hydrogens is 200 g/mol. The van der Waals surface area contributed by atoms with E-state index in [0.717, 1.165) is 0 Å². The van der Waals surface area contributed by atoms with Crippen molar-refractivity contribution in [2.75, 3.05) is 14.2 Å². The molecule has 0 aliphatic rings. The predicted molar refractivity (Wildman–Crippen MR) is 53.0 cm³/mol. The maximum absolute atomic E-state index is 11.2. The molecular formula is C9H10N2O4. The van der Waals surface area contributed by atoms with Gasteiger partial charge in [-0.05, 0) is 12.1 Å². The van der Waals surface area contributed by atoms with Crippen LogP contribution in [0.5, 0.6) is 5.75 Å². The number of benzene rings is 1. The molecule has 0 radical (unpaired) electrons. The van der Waals surface area contributed by atoms with Gasteiger partial charge in [-0.3, -0.25) is 14.9 Å². The summed E-state index contributed by atoms with van der Waals surface area (Å²) in [5.41, 5.74) is 0.00333. The van der Waals surface area contributed by atoms with E-state index in [1.807, 2.05) is 0 Å². The van der Waals surface area contributed by atoms with Crippen LogP contribution in [0.15, 0.2) is 18.2 Å². The van der Waals surface area contributed by atoms with E-state index >= 15 is 0 Å². The maximum atomic E-state index is 11.2. The fourth-order valence-electron chi connectivity index (χ4n) is 1.12. The number of amides is 1. The summed E-state index contributed by atoms with van der Waals surface area (Å²) in [6.45, 7) is 0. The number of hydrogen-bond donors (Lipinski definition) is 1. The highest BCUT2D eigenvalue weighted by molar-refractivity contribution is 5.94. The molecule has 0 unspecified atom stereocenters. The van der Waals surface area contributed by atoms with E-state index in [2.05, 4.69) is 5.32 Å². The van der Waals surface area contributed by atoms with Gasteiger partial charge in [0.2, 0.25) is 0 Å². The third kappa shape index (κ3) is 2.22. The molecule has 0 atom stereocenters. The van der Waals surface area contributed by atoms with Crippen molar-refractivity contribution >= 4 is 11.6 Å². The van der Waals surface area contributed by atoms with Crippen molar-refractivity contribution in [2.45, 2.75) is 0 Å². The van der Waals surface area contributed by atoms with Crippen LogP contribution in [-0.2, 0) is 0 Å². The lowest BCUT2D eigenvalue weighted by Crippen LogP contribution is -2.17. The first-order valence-electron chi connectivity index (χ1n) is 4.14. The summed E-state index contributed by atoms with van der Waals surface area (Å²) < 4.78 is 4.80. The average molecular weight is 210 g/mol. The van der Waals surface area contributed by atoms with Crippen LogP contribution in [0.2, 0.25) is 0 Å². The molecule has 0 saturated heterocycles. The molecule has 0 aromatic heterocycles. The molecule has 6 heteroatoms. The number of nitrogens with one attached hydrogen (secondary N) is 1. The normalized spacial score (nSPS) is 9.47. The minimum Gasteiger partial charge on any atom is -0.490 e. The van der Waals surface area contributed by atoms with E-state index in [4.69, 9.17) is 4.74 Å². The first-order chi connectivity index (χ1) is 7.10. The molecule has 1 amide bonds. The Labute approximate surface area is 86.0 Å². The predicted octanol–water partition coefficient (Wildman–Crippen LogP) is 0.963. The zero-order valence-electron chi connectivity index (χ0n) is 8.31. The van der Waals surface area contributed by atoms with Gasteiger partial charge in [0.25, 0.3) is 5.91 Å². The van der Waals surface area contributed by atoms with Crippen LogP contribution in [-0.4, -0.2) is 25.0 Å². The lowest BCUT2D eigenvalue weighted by molar-refractivity contribution is -0.385. The SMILES string of the molecule is CNC(=O)c1ccc(OC)c([N+](=O)[O-])c1. The smallest absolute Gasteiger partial charge is 0.311 e. The third-order valence-electron chi connectivity index (χ3n) is 1.86. The number of ether oxygens (including phenoxy) is 1. The standard InChI is InChI=1S/C9H10N2O4/c1-10-9(12)6-3-4-8(15-2)7(5-6)11(13)14/h3-5H,1-2H3,(H,10,12). The van der Waals surface area contributed by atoms with Crippen LogP contribution < -0.4 is 10.1 Å². The van der Waals surface area contributed by atoms with Gasteiger partial charge in [0, 0.05) is 18.7 Å². The number of nitro groups is 1. The third-order valence-corrected chi connectivity index (χ3v) is 1.86. The molecule has 1 aromatic carbocycles. The molecule has 0 bridgehead atoms. The summed E-state index contributed by atoms with van der Waals surface area (Å²) in [4.78, 5) is 21.3. The molecule has 0 fully saturated rings. The topological polar surface area (TPSA) is 81.5 Å². The second-order valence-corrected chi connectivity index (χ2v) is 2.72. The summed E-state index contributed by atoms with van der Waals surface area (Å²) in [5.74, 6) is -0.242. The Bertz CT molecular complexity index is 403. The van der Waals surface area contributed by atoms with Crippen LogP contribution in [0.25, 0.3) is 0 Å². The first-order valence-corrected chi connectivity index (χ1v) is 4.14.